The number of ether oxygens (including phenoxy) is 2. The minimum absolute atomic E-state index is 0.0603. The molecule has 0 fully saturated rings. The second kappa shape index (κ2) is 7.27. The number of amides is 1. The zero-order valence-corrected chi connectivity index (χ0v) is 16.1. The van der Waals surface area contributed by atoms with Gasteiger partial charge in [0.05, 0.1) is 19.8 Å². The molecule has 1 atom stereocenters. The van der Waals surface area contributed by atoms with Crippen molar-refractivity contribution >= 4 is 17.3 Å². The number of carbonyl (C=O) groups excluding carboxylic acids is 1. The molecule has 0 spiro atoms. The molecule has 5 heteroatoms. The standard InChI is InChI=1S/C23H22N2O3/c1-15-8-6-9-16(14-15)25-22(18-11-7-13-20(27-2)21(18)28-3)24-19-12-5-4-10-17(19)23(25)26/h4-14,22,24H,1-3H3. The molecule has 1 unspecified atom stereocenters. The van der Waals surface area contributed by atoms with E-state index in [1.54, 1.807) is 19.1 Å². The molecule has 1 amide bonds. The molecule has 1 aliphatic rings. The van der Waals surface area contributed by atoms with Crippen molar-refractivity contribution in [1.82, 2.24) is 0 Å². The van der Waals surface area contributed by atoms with Crippen molar-refractivity contribution < 1.29 is 14.3 Å². The smallest absolute Gasteiger partial charge is 0.262 e. The summed E-state index contributed by atoms with van der Waals surface area (Å²) in [6.45, 7) is 2.01. The number of methoxy groups -OCH3 is 2. The van der Waals surface area contributed by atoms with Crippen molar-refractivity contribution in [3.63, 3.8) is 0 Å². The summed E-state index contributed by atoms with van der Waals surface area (Å²) >= 11 is 0. The van der Waals surface area contributed by atoms with Crippen LogP contribution in [0, 0.1) is 6.92 Å². The third-order valence-electron chi connectivity index (χ3n) is 4.93. The van der Waals surface area contributed by atoms with Gasteiger partial charge >= 0.3 is 0 Å². The van der Waals surface area contributed by atoms with E-state index in [0.717, 1.165) is 22.5 Å². The molecule has 1 N–H and O–H groups in total. The Morgan fingerprint density at radius 3 is 2.46 bits per heavy atom. The predicted octanol–water partition coefficient (Wildman–Crippen LogP) is 4.78. The Bertz CT molecular complexity index is 1030. The lowest BCUT2D eigenvalue weighted by Gasteiger charge is -2.38. The minimum atomic E-state index is -0.436. The summed E-state index contributed by atoms with van der Waals surface area (Å²) in [5, 5.41) is 3.51. The number of nitrogens with one attached hydrogen (secondary N) is 1. The summed E-state index contributed by atoms with van der Waals surface area (Å²) in [6, 6.07) is 21.2. The Kier molecular flexibility index (Phi) is 4.65. The van der Waals surface area contributed by atoms with Gasteiger partial charge in [0.15, 0.2) is 11.5 Å². The van der Waals surface area contributed by atoms with E-state index in [9.17, 15) is 4.79 Å². The van der Waals surface area contributed by atoms with Gasteiger partial charge in [-0.25, -0.2) is 0 Å². The van der Waals surface area contributed by atoms with Crippen LogP contribution in [-0.4, -0.2) is 20.1 Å². The molecule has 28 heavy (non-hydrogen) atoms. The van der Waals surface area contributed by atoms with Gasteiger partial charge in [0.25, 0.3) is 5.91 Å². The van der Waals surface area contributed by atoms with E-state index < -0.39 is 6.17 Å². The lowest BCUT2D eigenvalue weighted by molar-refractivity contribution is 0.0974. The van der Waals surface area contributed by atoms with Crippen LogP contribution in [0.25, 0.3) is 0 Å². The molecule has 0 bridgehead atoms. The number of hydrogen-bond acceptors (Lipinski definition) is 4. The highest BCUT2D eigenvalue weighted by atomic mass is 16.5. The van der Waals surface area contributed by atoms with Crippen molar-refractivity contribution in [2.24, 2.45) is 0 Å². The molecule has 1 heterocycles. The summed E-state index contributed by atoms with van der Waals surface area (Å²) in [4.78, 5) is 15.3. The van der Waals surface area contributed by atoms with Gasteiger partial charge in [-0.3, -0.25) is 9.69 Å². The summed E-state index contributed by atoms with van der Waals surface area (Å²) in [5.74, 6) is 1.17. The van der Waals surface area contributed by atoms with Crippen LogP contribution in [0.4, 0.5) is 11.4 Å². The van der Waals surface area contributed by atoms with Crippen molar-refractivity contribution in [2.75, 3.05) is 24.4 Å². The number of para-hydroxylation sites is 2. The normalized spacial score (nSPS) is 15.6. The van der Waals surface area contributed by atoms with E-state index in [1.807, 2.05) is 73.7 Å². The Labute approximate surface area is 164 Å². The lowest BCUT2D eigenvalue weighted by atomic mass is 10.0. The Balaban J connectivity index is 1.92. The fourth-order valence-corrected chi connectivity index (χ4v) is 3.64. The fraction of sp³-hybridized carbons (Fsp3) is 0.174. The Morgan fingerprint density at radius 1 is 0.929 bits per heavy atom. The maximum absolute atomic E-state index is 13.5. The first-order valence-electron chi connectivity index (χ1n) is 9.10. The first-order valence-corrected chi connectivity index (χ1v) is 9.10. The van der Waals surface area contributed by atoms with Crippen LogP contribution in [0.15, 0.2) is 66.7 Å². The monoisotopic (exact) mass is 374 g/mol. The summed E-state index contributed by atoms with van der Waals surface area (Å²) in [5.41, 5.74) is 4.17. The number of carbonyl (C=O) groups is 1. The van der Waals surface area contributed by atoms with Gasteiger partial charge in [-0.15, -0.1) is 0 Å². The highest BCUT2D eigenvalue weighted by Crippen LogP contribution is 2.42. The highest BCUT2D eigenvalue weighted by Gasteiger charge is 2.36. The third kappa shape index (κ3) is 2.95. The predicted molar refractivity (Wildman–Crippen MR) is 110 cm³/mol. The van der Waals surface area contributed by atoms with Crippen LogP contribution in [0.3, 0.4) is 0 Å². The number of benzene rings is 3. The molecule has 4 rings (SSSR count). The molecule has 0 aromatic heterocycles. The second-order valence-corrected chi connectivity index (χ2v) is 6.69. The summed E-state index contributed by atoms with van der Waals surface area (Å²) in [6.07, 6.45) is -0.436. The largest absolute Gasteiger partial charge is 0.493 e. The van der Waals surface area contributed by atoms with E-state index in [-0.39, 0.29) is 5.91 Å². The molecule has 0 radical (unpaired) electrons. The molecule has 3 aromatic carbocycles. The highest BCUT2D eigenvalue weighted by molar-refractivity contribution is 6.12. The van der Waals surface area contributed by atoms with Crippen molar-refractivity contribution in [3.8, 4) is 11.5 Å². The van der Waals surface area contributed by atoms with Gasteiger partial charge < -0.3 is 14.8 Å². The molecular formula is C23H22N2O3. The van der Waals surface area contributed by atoms with Crippen LogP contribution in [0.1, 0.15) is 27.7 Å². The molecule has 5 nitrogen and oxygen atoms in total. The van der Waals surface area contributed by atoms with Crippen molar-refractivity contribution in [3.05, 3.63) is 83.4 Å². The van der Waals surface area contributed by atoms with Gasteiger partial charge in [-0.2, -0.15) is 0 Å². The van der Waals surface area contributed by atoms with E-state index in [0.29, 0.717) is 17.1 Å². The van der Waals surface area contributed by atoms with Gasteiger partial charge in [-0.1, -0.05) is 36.4 Å². The first-order chi connectivity index (χ1) is 13.6. The topological polar surface area (TPSA) is 50.8 Å². The quantitative estimate of drug-likeness (QED) is 0.714. The fourth-order valence-electron chi connectivity index (χ4n) is 3.64. The average molecular weight is 374 g/mol. The van der Waals surface area contributed by atoms with E-state index in [2.05, 4.69) is 5.32 Å². The molecule has 0 saturated carbocycles. The maximum atomic E-state index is 13.5. The molecule has 1 aliphatic heterocycles. The van der Waals surface area contributed by atoms with E-state index >= 15 is 0 Å². The van der Waals surface area contributed by atoms with Gasteiger partial charge in [0.2, 0.25) is 0 Å². The lowest BCUT2D eigenvalue weighted by Crippen LogP contribution is -2.43. The van der Waals surface area contributed by atoms with Gasteiger partial charge in [-0.05, 0) is 42.8 Å². The van der Waals surface area contributed by atoms with Crippen LogP contribution < -0.4 is 19.7 Å². The molecule has 142 valence electrons. The third-order valence-corrected chi connectivity index (χ3v) is 4.93. The average Bonchev–Trinajstić information content (AvgIpc) is 2.73. The van der Waals surface area contributed by atoms with Gasteiger partial charge in [0, 0.05) is 16.9 Å². The van der Waals surface area contributed by atoms with E-state index in [1.165, 1.54) is 0 Å². The summed E-state index contributed by atoms with van der Waals surface area (Å²) < 4.78 is 11.1. The first kappa shape index (κ1) is 17.9. The number of nitrogens with zero attached hydrogens (tertiary/aromatic N) is 1. The number of anilines is 2. The molecule has 3 aromatic rings. The summed E-state index contributed by atoms with van der Waals surface area (Å²) in [7, 11) is 3.21. The molecule has 0 saturated heterocycles. The van der Waals surface area contributed by atoms with Crippen molar-refractivity contribution in [2.45, 2.75) is 13.1 Å². The number of fused-ring (bicyclic) bond motifs is 1. The van der Waals surface area contributed by atoms with Crippen LogP contribution in [0.2, 0.25) is 0 Å². The minimum Gasteiger partial charge on any atom is -0.493 e. The second-order valence-electron chi connectivity index (χ2n) is 6.69. The van der Waals surface area contributed by atoms with Crippen molar-refractivity contribution in [1.29, 1.82) is 0 Å². The van der Waals surface area contributed by atoms with Crippen LogP contribution in [0.5, 0.6) is 11.5 Å². The van der Waals surface area contributed by atoms with Gasteiger partial charge in [0.1, 0.15) is 6.17 Å². The Morgan fingerprint density at radius 2 is 1.71 bits per heavy atom. The number of rotatable bonds is 4. The zero-order chi connectivity index (χ0) is 19.7. The van der Waals surface area contributed by atoms with Crippen LogP contribution in [-0.2, 0) is 0 Å². The molecule has 0 aliphatic carbocycles. The zero-order valence-electron chi connectivity index (χ0n) is 16.1. The van der Waals surface area contributed by atoms with E-state index in [4.69, 9.17) is 9.47 Å². The number of aryl methyl sites for hydroxylation is 1. The molecular weight excluding hydrogens is 352 g/mol. The Hall–Kier alpha value is -3.47. The van der Waals surface area contributed by atoms with Crippen LogP contribution >= 0.6 is 0 Å². The number of hydrogen-bond donors (Lipinski definition) is 1. The SMILES string of the molecule is COc1cccc(C2Nc3ccccc3C(=O)N2c2cccc(C)c2)c1OC. The maximum Gasteiger partial charge on any atom is 0.262 e.